The van der Waals surface area contributed by atoms with E-state index in [1.807, 2.05) is 23.8 Å². The van der Waals surface area contributed by atoms with Gasteiger partial charge in [0.2, 0.25) is 0 Å². The number of nitrogens with zero attached hydrogens (tertiary/aromatic N) is 2. The van der Waals surface area contributed by atoms with Crippen molar-refractivity contribution in [3.05, 3.63) is 22.4 Å². The molecule has 0 radical (unpaired) electrons. The molecule has 1 atom stereocenters. The van der Waals surface area contributed by atoms with Crippen molar-refractivity contribution in [2.75, 3.05) is 17.2 Å². The molecule has 7 heteroatoms. The topological polar surface area (TPSA) is 78.0 Å². The quantitative estimate of drug-likeness (QED) is 0.941. The Morgan fingerprint density at radius 2 is 2.35 bits per heavy atom. The highest BCUT2D eigenvalue weighted by molar-refractivity contribution is 7.91. The van der Waals surface area contributed by atoms with Crippen LogP contribution in [0.25, 0.3) is 11.3 Å². The standard InChI is InChI=1S/C13H17N3O2S2/c1-2-11-12(9-3-5-19-7-9)15-16(13(11)14)10-4-6-20(17,18)8-10/h3,5,7,10H,2,4,6,8,14H2,1H3. The van der Waals surface area contributed by atoms with Gasteiger partial charge >= 0.3 is 0 Å². The zero-order chi connectivity index (χ0) is 14.3. The van der Waals surface area contributed by atoms with E-state index in [1.165, 1.54) is 0 Å². The Balaban J connectivity index is 2.05. The van der Waals surface area contributed by atoms with Gasteiger partial charge in [0.25, 0.3) is 0 Å². The van der Waals surface area contributed by atoms with E-state index in [1.54, 1.807) is 16.0 Å². The highest BCUT2D eigenvalue weighted by Crippen LogP contribution is 2.33. The van der Waals surface area contributed by atoms with Crippen LogP contribution in [0.2, 0.25) is 0 Å². The summed E-state index contributed by atoms with van der Waals surface area (Å²) >= 11 is 1.61. The molecule has 0 bridgehead atoms. The van der Waals surface area contributed by atoms with Crippen molar-refractivity contribution in [2.45, 2.75) is 25.8 Å². The fourth-order valence-electron chi connectivity index (χ4n) is 2.71. The molecular formula is C13H17N3O2S2. The summed E-state index contributed by atoms with van der Waals surface area (Å²) in [5.41, 5.74) is 9.14. The van der Waals surface area contributed by atoms with Crippen molar-refractivity contribution in [2.24, 2.45) is 0 Å². The van der Waals surface area contributed by atoms with Gasteiger partial charge in [-0.15, -0.1) is 0 Å². The lowest BCUT2D eigenvalue weighted by molar-refractivity contribution is 0.508. The first-order valence-electron chi connectivity index (χ1n) is 6.61. The van der Waals surface area contributed by atoms with Gasteiger partial charge in [0.1, 0.15) is 5.82 Å². The fourth-order valence-corrected chi connectivity index (χ4v) is 5.04. The number of rotatable bonds is 3. The first kappa shape index (κ1) is 13.6. The van der Waals surface area contributed by atoms with Crippen LogP contribution in [-0.2, 0) is 16.3 Å². The van der Waals surface area contributed by atoms with Gasteiger partial charge in [0, 0.05) is 16.5 Å². The number of aromatic nitrogens is 2. The summed E-state index contributed by atoms with van der Waals surface area (Å²) in [5.74, 6) is 0.980. The van der Waals surface area contributed by atoms with Crippen LogP contribution in [0.4, 0.5) is 5.82 Å². The van der Waals surface area contributed by atoms with E-state index in [0.717, 1.165) is 23.2 Å². The molecule has 0 aromatic carbocycles. The normalized spacial score (nSPS) is 21.4. The van der Waals surface area contributed by atoms with Gasteiger partial charge in [-0.3, -0.25) is 0 Å². The number of thiophene rings is 1. The van der Waals surface area contributed by atoms with Crippen LogP contribution in [0, 0.1) is 0 Å². The molecule has 0 spiro atoms. The van der Waals surface area contributed by atoms with E-state index < -0.39 is 9.84 Å². The Morgan fingerprint density at radius 1 is 1.55 bits per heavy atom. The van der Waals surface area contributed by atoms with Crippen LogP contribution >= 0.6 is 11.3 Å². The number of sulfone groups is 1. The van der Waals surface area contributed by atoms with Gasteiger partial charge in [-0.1, -0.05) is 6.92 Å². The number of hydrogen-bond acceptors (Lipinski definition) is 5. The van der Waals surface area contributed by atoms with Gasteiger partial charge in [-0.2, -0.15) is 16.4 Å². The summed E-state index contributed by atoms with van der Waals surface area (Å²) in [6.07, 6.45) is 1.39. The second-order valence-electron chi connectivity index (χ2n) is 5.08. The summed E-state index contributed by atoms with van der Waals surface area (Å²) in [5, 5.41) is 8.65. The number of hydrogen-bond donors (Lipinski definition) is 1. The molecule has 1 aliphatic rings. The molecule has 20 heavy (non-hydrogen) atoms. The fraction of sp³-hybridized carbons (Fsp3) is 0.462. The Bertz CT molecular complexity index is 717. The average Bonchev–Trinajstić information content (AvgIpc) is 3.08. The van der Waals surface area contributed by atoms with Crippen LogP contribution in [-0.4, -0.2) is 29.7 Å². The van der Waals surface area contributed by atoms with Gasteiger partial charge in [-0.05, 0) is 24.3 Å². The van der Waals surface area contributed by atoms with E-state index >= 15 is 0 Å². The lowest BCUT2D eigenvalue weighted by Gasteiger charge is -2.10. The van der Waals surface area contributed by atoms with Crippen molar-refractivity contribution in [3.63, 3.8) is 0 Å². The molecule has 0 aliphatic carbocycles. The first-order valence-corrected chi connectivity index (χ1v) is 9.38. The average molecular weight is 311 g/mol. The van der Waals surface area contributed by atoms with Crippen molar-refractivity contribution in [1.82, 2.24) is 9.78 Å². The van der Waals surface area contributed by atoms with E-state index in [0.29, 0.717) is 12.2 Å². The van der Waals surface area contributed by atoms with E-state index in [2.05, 4.69) is 5.10 Å². The summed E-state index contributed by atoms with van der Waals surface area (Å²) < 4.78 is 25.0. The zero-order valence-corrected chi connectivity index (χ0v) is 12.9. The molecule has 1 unspecified atom stereocenters. The molecule has 1 fully saturated rings. The lowest BCUT2D eigenvalue weighted by Crippen LogP contribution is -2.15. The smallest absolute Gasteiger partial charge is 0.152 e. The summed E-state index contributed by atoms with van der Waals surface area (Å²) in [6, 6.07) is 1.89. The number of nitrogens with two attached hydrogens (primary N) is 1. The second-order valence-corrected chi connectivity index (χ2v) is 8.09. The molecule has 2 N–H and O–H groups in total. The lowest BCUT2D eigenvalue weighted by atomic mass is 10.1. The zero-order valence-electron chi connectivity index (χ0n) is 11.2. The van der Waals surface area contributed by atoms with Crippen molar-refractivity contribution in [1.29, 1.82) is 0 Å². The highest BCUT2D eigenvalue weighted by atomic mass is 32.2. The van der Waals surface area contributed by atoms with Crippen LogP contribution in [0.15, 0.2) is 16.8 Å². The molecule has 2 aromatic rings. The maximum Gasteiger partial charge on any atom is 0.152 e. The van der Waals surface area contributed by atoms with Crippen molar-refractivity contribution >= 4 is 27.0 Å². The highest BCUT2D eigenvalue weighted by Gasteiger charge is 2.32. The SMILES string of the molecule is CCc1c(-c2ccsc2)nn(C2CCS(=O)(=O)C2)c1N. The first-order chi connectivity index (χ1) is 9.52. The van der Waals surface area contributed by atoms with Crippen LogP contribution < -0.4 is 5.73 Å². The maximum atomic E-state index is 11.6. The molecule has 0 saturated carbocycles. The maximum absolute atomic E-state index is 11.6. The van der Waals surface area contributed by atoms with Gasteiger partial charge < -0.3 is 5.73 Å². The minimum Gasteiger partial charge on any atom is -0.384 e. The molecule has 0 amide bonds. The molecule has 1 saturated heterocycles. The molecule has 108 valence electrons. The molecule has 2 aromatic heterocycles. The number of nitrogen functional groups attached to an aromatic ring is 1. The third-order valence-corrected chi connectivity index (χ3v) is 6.19. The largest absolute Gasteiger partial charge is 0.384 e. The van der Waals surface area contributed by atoms with E-state index in [-0.39, 0.29) is 17.5 Å². The van der Waals surface area contributed by atoms with Gasteiger partial charge in [0.05, 0.1) is 23.2 Å². The predicted molar refractivity (Wildman–Crippen MR) is 81.6 cm³/mol. The van der Waals surface area contributed by atoms with Gasteiger partial charge in [0.15, 0.2) is 9.84 Å². The minimum atomic E-state index is -2.94. The molecule has 5 nitrogen and oxygen atoms in total. The summed E-state index contributed by atoms with van der Waals surface area (Å²) in [4.78, 5) is 0. The molecule has 3 rings (SSSR count). The number of anilines is 1. The van der Waals surface area contributed by atoms with Crippen molar-refractivity contribution < 1.29 is 8.42 Å². The minimum absolute atomic E-state index is 0.127. The molecule has 3 heterocycles. The Labute approximate surface area is 122 Å². The monoisotopic (exact) mass is 311 g/mol. The van der Waals surface area contributed by atoms with Crippen LogP contribution in [0.3, 0.4) is 0 Å². The third kappa shape index (κ3) is 2.25. The predicted octanol–water partition coefficient (Wildman–Crippen LogP) is 2.12. The molecular weight excluding hydrogens is 294 g/mol. The van der Waals surface area contributed by atoms with E-state index in [4.69, 9.17) is 5.73 Å². The van der Waals surface area contributed by atoms with Gasteiger partial charge in [-0.25, -0.2) is 13.1 Å². The summed E-state index contributed by atoms with van der Waals surface area (Å²) in [6.45, 7) is 2.04. The van der Waals surface area contributed by atoms with Crippen LogP contribution in [0.5, 0.6) is 0 Å². The Hall–Kier alpha value is -1.34. The van der Waals surface area contributed by atoms with Crippen molar-refractivity contribution in [3.8, 4) is 11.3 Å². The molecule has 1 aliphatic heterocycles. The Morgan fingerprint density at radius 3 is 2.90 bits per heavy atom. The Kier molecular flexibility index (Phi) is 3.33. The summed E-state index contributed by atoms with van der Waals surface area (Å²) in [7, 11) is -2.94. The van der Waals surface area contributed by atoms with E-state index in [9.17, 15) is 8.42 Å². The third-order valence-electron chi connectivity index (χ3n) is 3.75. The van der Waals surface area contributed by atoms with Crippen LogP contribution in [0.1, 0.15) is 24.9 Å². The second kappa shape index (κ2) is 4.89.